The summed E-state index contributed by atoms with van der Waals surface area (Å²) < 4.78 is 5.17. The van der Waals surface area contributed by atoms with E-state index in [0.29, 0.717) is 18.3 Å². The second-order valence-corrected chi connectivity index (χ2v) is 7.40. The van der Waals surface area contributed by atoms with Crippen LogP contribution in [0, 0.1) is 17.3 Å². The zero-order valence-electron chi connectivity index (χ0n) is 13.9. The van der Waals surface area contributed by atoms with Gasteiger partial charge in [0.2, 0.25) is 0 Å². The number of rotatable bonds is 5. The van der Waals surface area contributed by atoms with Gasteiger partial charge in [0.05, 0.1) is 12.7 Å². The predicted molar refractivity (Wildman–Crippen MR) is 85.0 cm³/mol. The van der Waals surface area contributed by atoms with Crippen molar-refractivity contribution in [2.75, 3.05) is 13.7 Å². The van der Waals surface area contributed by atoms with Gasteiger partial charge in [-0.25, -0.2) is 0 Å². The molecule has 0 unspecified atom stereocenters. The van der Waals surface area contributed by atoms with Crippen LogP contribution in [0.5, 0.6) is 0 Å². The minimum Gasteiger partial charge on any atom is -0.388 e. The van der Waals surface area contributed by atoms with Crippen LogP contribution in [0.3, 0.4) is 0 Å². The van der Waals surface area contributed by atoms with E-state index in [2.05, 4.69) is 27.4 Å². The van der Waals surface area contributed by atoms with Crippen LogP contribution >= 0.6 is 0 Å². The molecule has 0 aliphatic heterocycles. The summed E-state index contributed by atoms with van der Waals surface area (Å²) in [5.74, 6) is 1.00. The Morgan fingerprint density at radius 3 is 2.62 bits per heavy atom. The highest BCUT2D eigenvalue weighted by atomic mass is 16.5. The molecule has 2 aliphatic carbocycles. The number of methoxy groups -OCH3 is 1. The highest BCUT2D eigenvalue weighted by Gasteiger charge is 2.50. The molecule has 0 spiro atoms. The van der Waals surface area contributed by atoms with E-state index in [0.717, 1.165) is 30.4 Å². The maximum Gasteiger partial charge on any atom is 0.112 e. The summed E-state index contributed by atoms with van der Waals surface area (Å²) in [6, 6.07) is 0. The van der Waals surface area contributed by atoms with Gasteiger partial charge >= 0.3 is 0 Å². The number of aliphatic hydroxyl groups is 2. The monoisotopic (exact) mass is 294 g/mol. The Bertz CT molecular complexity index is 440. The summed E-state index contributed by atoms with van der Waals surface area (Å²) in [5.41, 5.74) is 0.509. The molecule has 0 bridgehead atoms. The van der Waals surface area contributed by atoms with Crippen molar-refractivity contribution in [2.45, 2.75) is 58.2 Å². The summed E-state index contributed by atoms with van der Waals surface area (Å²) in [7, 11) is 1.59. The lowest BCUT2D eigenvalue weighted by molar-refractivity contribution is -0.0287. The standard InChI is InChI=1S/C18H30O3/c1-12(2)14-8-10-17(4,13(14)3)16(19)15-7-6-9-18(15,20)11-21-5/h7,12,14,16,19-20H,3,6,8-11H2,1-2,4-5H3/t14-,16+,17+,18+/m1/s1. The van der Waals surface area contributed by atoms with E-state index in [1.807, 2.05) is 6.08 Å². The van der Waals surface area contributed by atoms with Crippen molar-refractivity contribution in [1.29, 1.82) is 0 Å². The molecule has 3 nitrogen and oxygen atoms in total. The van der Waals surface area contributed by atoms with Crippen LogP contribution in [0.15, 0.2) is 23.8 Å². The fourth-order valence-corrected chi connectivity index (χ4v) is 4.17. The van der Waals surface area contributed by atoms with Crippen molar-refractivity contribution in [3.63, 3.8) is 0 Å². The Morgan fingerprint density at radius 1 is 1.43 bits per heavy atom. The van der Waals surface area contributed by atoms with Gasteiger partial charge in [-0.05, 0) is 43.1 Å². The molecular formula is C18H30O3. The van der Waals surface area contributed by atoms with Crippen LogP contribution in [-0.4, -0.2) is 35.6 Å². The number of ether oxygens (including phenoxy) is 1. The molecule has 3 heteroatoms. The molecule has 2 N–H and O–H groups in total. The van der Waals surface area contributed by atoms with Crippen LogP contribution in [0.1, 0.15) is 46.5 Å². The third-order valence-electron chi connectivity index (χ3n) is 5.70. The minimum atomic E-state index is -1.02. The van der Waals surface area contributed by atoms with Crippen molar-refractivity contribution >= 4 is 0 Å². The van der Waals surface area contributed by atoms with Gasteiger partial charge in [-0.1, -0.05) is 39.0 Å². The lowest BCUT2D eigenvalue weighted by Crippen LogP contribution is -2.44. The van der Waals surface area contributed by atoms with Gasteiger partial charge in [-0.3, -0.25) is 0 Å². The first-order valence-electron chi connectivity index (χ1n) is 8.05. The molecule has 2 rings (SSSR count). The third-order valence-corrected chi connectivity index (χ3v) is 5.70. The Balaban J connectivity index is 2.24. The second kappa shape index (κ2) is 5.86. The van der Waals surface area contributed by atoms with Crippen LogP contribution in [-0.2, 0) is 4.74 Å². The van der Waals surface area contributed by atoms with Crippen molar-refractivity contribution in [1.82, 2.24) is 0 Å². The van der Waals surface area contributed by atoms with Crippen molar-refractivity contribution in [2.24, 2.45) is 17.3 Å². The number of hydrogen-bond donors (Lipinski definition) is 2. The number of allylic oxidation sites excluding steroid dienone is 1. The van der Waals surface area contributed by atoms with E-state index in [1.54, 1.807) is 7.11 Å². The molecule has 0 aromatic rings. The third kappa shape index (κ3) is 2.71. The molecule has 2 aliphatic rings. The first kappa shape index (κ1) is 16.7. The smallest absolute Gasteiger partial charge is 0.112 e. The zero-order chi connectivity index (χ0) is 15.8. The molecule has 4 atom stereocenters. The van der Waals surface area contributed by atoms with Crippen molar-refractivity contribution < 1.29 is 14.9 Å². The van der Waals surface area contributed by atoms with Gasteiger partial charge in [0.25, 0.3) is 0 Å². The lowest BCUT2D eigenvalue weighted by Gasteiger charge is -2.38. The average molecular weight is 294 g/mol. The Labute approximate surface area is 128 Å². The molecule has 0 amide bonds. The van der Waals surface area contributed by atoms with Gasteiger partial charge in [0, 0.05) is 12.5 Å². The number of aliphatic hydroxyl groups excluding tert-OH is 1. The van der Waals surface area contributed by atoms with Crippen molar-refractivity contribution in [3.05, 3.63) is 23.8 Å². The summed E-state index contributed by atoms with van der Waals surface area (Å²) in [6.07, 6.45) is 4.74. The van der Waals surface area contributed by atoms with E-state index in [-0.39, 0.29) is 12.0 Å². The molecule has 0 heterocycles. The molecule has 1 saturated carbocycles. The summed E-state index contributed by atoms with van der Waals surface area (Å²) in [6.45, 7) is 11.1. The maximum absolute atomic E-state index is 11.0. The SMILES string of the molecule is C=C1[C@@H](C(C)C)CC[C@]1(C)[C@@H](O)C1=CCC[C@]1(O)COC. The largest absolute Gasteiger partial charge is 0.388 e. The first-order chi connectivity index (χ1) is 9.76. The molecule has 120 valence electrons. The minimum absolute atomic E-state index is 0.242. The molecule has 1 fully saturated rings. The van der Waals surface area contributed by atoms with Gasteiger partial charge in [-0.2, -0.15) is 0 Å². The van der Waals surface area contributed by atoms with E-state index < -0.39 is 11.7 Å². The van der Waals surface area contributed by atoms with Crippen LogP contribution in [0.2, 0.25) is 0 Å². The topological polar surface area (TPSA) is 49.7 Å². The van der Waals surface area contributed by atoms with Gasteiger partial charge < -0.3 is 14.9 Å². The summed E-state index contributed by atoms with van der Waals surface area (Å²) in [4.78, 5) is 0. The van der Waals surface area contributed by atoms with E-state index in [4.69, 9.17) is 4.74 Å². The highest BCUT2D eigenvalue weighted by Crippen LogP contribution is 2.53. The average Bonchev–Trinajstić information content (AvgIpc) is 2.92. The summed E-state index contributed by atoms with van der Waals surface area (Å²) >= 11 is 0. The molecule has 0 radical (unpaired) electrons. The first-order valence-corrected chi connectivity index (χ1v) is 8.05. The molecule has 0 aromatic carbocycles. The predicted octanol–water partition coefficient (Wildman–Crippen LogP) is 3.07. The lowest BCUT2D eigenvalue weighted by atomic mass is 9.71. The zero-order valence-corrected chi connectivity index (χ0v) is 13.9. The molecule has 0 aromatic heterocycles. The number of hydrogen-bond acceptors (Lipinski definition) is 3. The highest BCUT2D eigenvalue weighted by molar-refractivity contribution is 5.34. The van der Waals surface area contributed by atoms with E-state index in [9.17, 15) is 10.2 Å². The fourth-order valence-electron chi connectivity index (χ4n) is 4.17. The molecule has 0 saturated heterocycles. The maximum atomic E-state index is 11.0. The Kier molecular flexibility index (Phi) is 4.67. The van der Waals surface area contributed by atoms with Crippen LogP contribution < -0.4 is 0 Å². The van der Waals surface area contributed by atoms with Crippen LogP contribution in [0.4, 0.5) is 0 Å². The van der Waals surface area contributed by atoms with E-state index in [1.165, 1.54) is 0 Å². The Morgan fingerprint density at radius 2 is 2.10 bits per heavy atom. The summed E-state index contributed by atoms with van der Waals surface area (Å²) in [5, 5.41) is 21.8. The van der Waals surface area contributed by atoms with Crippen molar-refractivity contribution in [3.8, 4) is 0 Å². The second-order valence-electron chi connectivity index (χ2n) is 7.40. The quantitative estimate of drug-likeness (QED) is 0.766. The normalized spacial score (nSPS) is 38.1. The van der Waals surface area contributed by atoms with Crippen LogP contribution in [0.25, 0.3) is 0 Å². The van der Waals surface area contributed by atoms with E-state index >= 15 is 0 Å². The molecular weight excluding hydrogens is 264 g/mol. The van der Waals surface area contributed by atoms with Gasteiger partial charge in [0.15, 0.2) is 0 Å². The van der Waals surface area contributed by atoms with Gasteiger partial charge in [-0.15, -0.1) is 0 Å². The fraction of sp³-hybridized carbons (Fsp3) is 0.778. The Hall–Kier alpha value is -0.640. The molecule has 21 heavy (non-hydrogen) atoms. The van der Waals surface area contributed by atoms with Gasteiger partial charge in [0.1, 0.15) is 5.60 Å².